The van der Waals surface area contributed by atoms with Crippen molar-refractivity contribution in [3.8, 4) is 0 Å². The topological polar surface area (TPSA) is 12.0 Å². The van der Waals surface area contributed by atoms with Crippen molar-refractivity contribution in [2.75, 3.05) is 5.32 Å². The van der Waals surface area contributed by atoms with Gasteiger partial charge >= 0.3 is 0 Å². The van der Waals surface area contributed by atoms with E-state index >= 15 is 0 Å². The van der Waals surface area contributed by atoms with E-state index < -0.39 is 0 Å². The average Bonchev–Trinajstić information content (AvgIpc) is 2.90. The van der Waals surface area contributed by atoms with Gasteiger partial charge in [-0.25, -0.2) is 0 Å². The molecule has 1 heterocycles. The second kappa shape index (κ2) is 4.94. The lowest BCUT2D eigenvalue weighted by Crippen LogP contribution is -2.05. The molecule has 1 aliphatic heterocycles. The van der Waals surface area contributed by atoms with E-state index in [1.165, 1.54) is 27.6 Å². The highest BCUT2D eigenvalue weighted by atomic mass is 35.5. The zero-order valence-corrected chi connectivity index (χ0v) is 12.7. The van der Waals surface area contributed by atoms with Gasteiger partial charge in [-0.15, -0.1) is 0 Å². The molecule has 0 radical (unpaired) electrons. The van der Waals surface area contributed by atoms with Crippen LogP contribution in [0.2, 0.25) is 10.0 Å². The summed E-state index contributed by atoms with van der Waals surface area (Å²) in [5, 5.41) is 7.34. The second-order valence-corrected chi connectivity index (χ2v) is 6.25. The molecule has 0 amide bonds. The smallest absolute Gasteiger partial charge is 0.0595 e. The highest BCUT2D eigenvalue weighted by molar-refractivity contribution is 6.42. The Hall–Kier alpha value is -1.70. The molecule has 1 aliphatic rings. The maximum atomic E-state index is 6.13. The van der Waals surface area contributed by atoms with Crippen LogP contribution in [-0.4, -0.2) is 0 Å². The molecule has 0 bridgehead atoms. The molecule has 3 heteroatoms. The second-order valence-electron chi connectivity index (χ2n) is 5.43. The summed E-state index contributed by atoms with van der Waals surface area (Å²) < 4.78 is 0. The van der Waals surface area contributed by atoms with Crippen LogP contribution in [0, 0.1) is 0 Å². The number of hydrogen-bond acceptors (Lipinski definition) is 1. The van der Waals surface area contributed by atoms with E-state index in [2.05, 4.69) is 41.7 Å². The summed E-state index contributed by atoms with van der Waals surface area (Å²) in [4.78, 5) is 0. The lowest BCUT2D eigenvalue weighted by atomic mass is 10.0. The van der Waals surface area contributed by atoms with Crippen molar-refractivity contribution in [3.63, 3.8) is 0 Å². The summed E-state index contributed by atoms with van der Waals surface area (Å²) in [7, 11) is 0. The first-order valence-electron chi connectivity index (χ1n) is 6.94. The molecule has 0 spiro atoms. The highest BCUT2D eigenvalue weighted by Crippen LogP contribution is 2.38. The first-order chi connectivity index (χ1) is 10.2. The van der Waals surface area contributed by atoms with Crippen molar-refractivity contribution in [1.29, 1.82) is 0 Å². The molecular weight excluding hydrogens is 301 g/mol. The fraction of sp³-hybridized carbons (Fsp3) is 0.111. The zero-order chi connectivity index (χ0) is 14.4. The van der Waals surface area contributed by atoms with E-state index in [-0.39, 0.29) is 6.04 Å². The van der Waals surface area contributed by atoms with E-state index in [0.29, 0.717) is 10.0 Å². The highest BCUT2D eigenvalue weighted by Gasteiger charge is 2.22. The lowest BCUT2D eigenvalue weighted by molar-refractivity contribution is 0.825. The quantitative estimate of drug-likeness (QED) is 0.593. The molecule has 3 aromatic rings. The van der Waals surface area contributed by atoms with Crippen molar-refractivity contribution < 1.29 is 0 Å². The molecular formula is C18H13Cl2N. The van der Waals surface area contributed by atoms with Crippen LogP contribution in [0.5, 0.6) is 0 Å². The zero-order valence-electron chi connectivity index (χ0n) is 11.2. The Morgan fingerprint density at radius 2 is 1.62 bits per heavy atom. The Morgan fingerprint density at radius 1 is 0.857 bits per heavy atom. The molecule has 3 aromatic carbocycles. The maximum Gasteiger partial charge on any atom is 0.0595 e. The van der Waals surface area contributed by atoms with Crippen molar-refractivity contribution in [1.82, 2.24) is 0 Å². The molecule has 0 aromatic heterocycles. The number of rotatable bonds is 1. The Morgan fingerprint density at radius 3 is 2.38 bits per heavy atom. The van der Waals surface area contributed by atoms with E-state index in [0.717, 1.165) is 6.42 Å². The van der Waals surface area contributed by atoms with Gasteiger partial charge in [0.1, 0.15) is 0 Å². The Kier molecular flexibility index (Phi) is 3.06. The largest absolute Gasteiger partial charge is 0.378 e. The minimum Gasteiger partial charge on any atom is -0.378 e. The minimum absolute atomic E-state index is 0.256. The van der Waals surface area contributed by atoms with Gasteiger partial charge in [-0.2, -0.15) is 0 Å². The number of hydrogen-bond donors (Lipinski definition) is 1. The molecule has 21 heavy (non-hydrogen) atoms. The average molecular weight is 314 g/mol. The Labute approximate surface area is 133 Å². The number of benzene rings is 3. The van der Waals surface area contributed by atoms with Gasteiger partial charge in [0.15, 0.2) is 0 Å². The third-order valence-corrected chi connectivity index (χ3v) is 4.81. The van der Waals surface area contributed by atoms with Crippen molar-refractivity contribution in [3.05, 3.63) is 75.8 Å². The van der Waals surface area contributed by atoms with Crippen LogP contribution in [0.15, 0.2) is 54.6 Å². The summed E-state index contributed by atoms with van der Waals surface area (Å²) >= 11 is 12.1. The van der Waals surface area contributed by atoms with Gasteiger partial charge in [0.25, 0.3) is 0 Å². The molecule has 1 atom stereocenters. The van der Waals surface area contributed by atoms with Gasteiger partial charge in [0.05, 0.1) is 16.1 Å². The molecule has 1 N–H and O–H groups in total. The standard InChI is InChI=1S/C18H13Cl2N/c19-15-6-5-13(8-16(15)20)17-10-14-7-11-3-1-2-4-12(11)9-18(14)21-17/h1-9,17,21H,10H2. The van der Waals surface area contributed by atoms with Crippen molar-refractivity contribution in [2.45, 2.75) is 12.5 Å². The van der Waals surface area contributed by atoms with Gasteiger partial charge in [0, 0.05) is 5.69 Å². The monoisotopic (exact) mass is 313 g/mol. The van der Waals surface area contributed by atoms with E-state index in [4.69, 9.17) is 23.2 Å². The van der Waals surface area contributed by atoms with Gasteiger partial charge in [-0.05, 0) is 52.6 Å². The van der Waals surface area contributed by atoms with Gasteiger partial charge in [0.2, 0.25) is 0 Å². The molecule has 0 aliphatic carbocycles. The van der Waals surface area contributed by atoms with Crippen molar-refractivity contribution >= 4 is 39.7 Å². The molecule has 0 saturated heterocycles. The molecule has 1 unspecified atom stereocenters. The molecule has 1 nitrogen and oxygen atoms in total. The third kappa shape index (κ3) is 2.27. The Balaban J connectivity index is 1.72. The predicted molar refractivity (Wildman–Crippen MR) is 90.5 cm³/mol. The summed E-state index contributed by atoms with van der Waals surface area (Å²) in [6.07, 6.45) is 0.970. The van der Waals surface area contributed by atoms with Gasteiger partial charge in [-0.1, -0.05) is 53.5 Å². The Bertz CT molecular complexity index is 797. The van der Waals surface area contributed by atoms with E-state index in [9.17, 15) is 0 Å². The molecule has 0 fully saturated rings. The molecule has 104 valence electrons. The number of anilines is 1. The first kappa shape index (κ1) is 13.0. The lowest BCUT2D eigenvalue weighted by Gasteiger charge is -2.12. The summed E-state index contributed by atoms with van der Waals surface area (Å²) in [5.41, 5.74) is 3.74. The summed E-state index contributed by atoms with van der Waals surface area (Å²) in [6.45, 7) is 0. The molecule has 0 saturated carbocycles. The van der Waals surface area contributed by atoms with Gasteiger partial charge in [-0.3, -0.25) is 0 Å². The van der Waals surface area contributed by atoms with Crippen LogP contribution in [0.25, 0.3) is 10.8 Å². The summed E-state index contributed by atoms with van der Waals surface area (Å²) in [6, 6.07) is 19.0. The number of nitrogens with one attached hydrogen (secondary N) is 1. The molecule has 4 rings (SSSR count). The SMILES string of the molecule is Clc1ccc(C2Cc3cc4ccccc4cc3N2)cc1Cl. The van der Waals surface area contributed by atoms with E-state index in [1.807, 2.05) is 18.2 Å². The fourth-order valence-corrected chi connectivity index (χ4v) is 3.29. The van der Waals surface area contributed by atoms with Crippen LogP contribution in [0.3, 0.4) is 0 Å². The van der Waals surface area contributed by atoms with Gasteiger partial charge < -0.3 is 5.32 Å². The van der Waals surface area contributed by atoms with Crippen LogP contribution in [0.1, 0.15) is 17.2 Å². The van der Waals surface area contributed by atoms with Crippen LogP contribution in [-0.2, 0) is 6.42 Å². The normalized spacial score (nSPS) is 16.8. The maximum absolute atomic E-state index is 6.13. The van der Waals surface area contributed by atoms with Crippen LogP contribution in [0.4, 0.5) is 5.69 Å². The van der Waals surface area contributed by atoms with Crippen molar-refractivity contribution in [2.24, 2.45) is 0 Å². The van der Waals surface area contributed by atoms with E-state index in [1.54, 1.807) is 0 Å². The predicted octanol–water partition coefficient (Wildman–Crippen LogP) is 5.86. The number of halogens is 2. The fourth-order valence-electron chi connectivity index (χ4n) is 2.98. The first-order valence-corrected chi connectivity index (χ1v) is 7.69. The minimum atomic E-state index is 0.256. The number of fused-ring (bicyclic) bond motifs is 2. The summed E-state index contributed by atoms with van der Waals surface area (Å²) in [5.74, 6) is 0. The van der Waals surface area contributed by atoms with Crippen LogP contribution < -0.4 is 5.32 Å². The third-order valence-electron chi connectivity index (χ3n) is 4.07. The van der Waals surface area contributed by atoms with Crippen LogP contribution >= 0.6 is 23.2 Å².